The topological polar surface area (TPSA) is 29.3 Å². The zero-order valence-corrected chi connectivity index (χ0v) is 11.4. The number of nitrogen functional groups attached to an aromatic ring is 1. The van der Waals surface area contributed by atoms with Crippen molar-refractivity contribution in [2.24, 2.45) is 0 Å². The maximum atomic E-state index is 13.4. The van der Waals surface area contributed by atoms with Gasteiger partial charge in [-0.2, -0.15) is 0 Å². The zero-order chi connectivity index (χ0) is 13.8. The Kier molecular flexibility index (Phi) is 4.05. The van der Waals surface area contributed by atoms with Gasteiger partial charge >= 0.3 is 0 Å². The number of hydrogen-bond acceptors (Lipinski definition) is 2. The summed E-state index contributed by atoms with van der Waals surface area (Å²) >= 11 is 0. The molecule has 0 aliphatic rings. The lowest BCUT2D eigenvalue weighted by atomic mass is 10.1. The summed E-state index contributed by atoms with van der Waals surface area (Å²) in [6.45, 7) is 5.64. The summed E-state index contributed by atoms with van der Waals surface area (Å²) in [5, 5.41) is 0. The summed E-state index contributed by atoms with van der Waals surface area (Å²) in [7, 11) is 0. The van der Waals surface area contributed by atoms with E-state index in [1.165, 1.54) is 23.3 Å². The summed E-state index contributed by atoms with van der Waals surface area (Å²) in [4.78, 5) is 2.08. The molecule has 0 saturated carbocycles. The fourth-order valence-electron chi connectivity index (χ4n) is 2.15. The zero-order valence-electron chi connectivity index (χ0n) is 11.4. The number of nitrogens with two attached hydrogens (primary N) is 1. The molecule has 0 aromatic heterocycles. The summed E-state index contributed by atoms with van der Waals surface area (Å²) in [5.41, 5.74) is 9.77. The van der Waals surface area contributed by atoms with Gasteiger partial charge in [0.2, 0.25) is 0 Å². The largest absolute Gasteiger partial charge is 0.397 e. The molecule has 2 nitrogen and oxygen atoms in total. The van der Waals surface area contributed by atoms with Gasteiger partial charge in [0.15, 0.2) is 0 Å². The Morgan fingerprint density at radius 2 is 1.89 bits per heavy atom. The predicted molar refractivity (Wildman–Crippen MR) is 78.7 cm³/mol. The second kappa shape index (κ2) is 5.74. The van der Waals surface area contributed by atoms with Crippen molar-refractivity contribution in [2.75, 3.05) is 17.2 Å². The van der Waals surface area contributed by atoms with Gasteiger partial charge < -0.3 is 10.6 Å². The lowest BCUT2D eigenvalue weighted by molar-refractivity contribution is 0.626. The van der Waals surface area contributed by atoms with Crippen molar-refractivity contribution in [1.82, 2.24) is 0 Å². The van der Waals surface area contributed by atoms with E-state index in [2.05, 4.69) is 24.0 Å². The quantitative estimate of drug-likeness (QED) is 0.846. The van der Waals surface area contributed by atoms with Crippen LogP contribution < -0.4 is 10.6 Å². The Morgan fingerprint density at radius 3 is 2.58 bits per heavy atom. The average Bonchev–Trinajstić information content (AvgIpc) is 2.41. The molecule has 100 valence electrons. The molecule has 0 saturated heterocycles. The minimum Gasteiger partial charge on any atom is -0.397 e. The van der Waals surface area contributed by atoms with E-state index < -0.39 is 0 Å². The standard InChI is InChI=1S/C16H19FN2/c1-3-19(11-13-7-5-4-6-12(13)2)16-10-14(17)8-9-15(16)18/h4-10H,3,11,18H2,1-2H3. The first-order valence-corrected chi connectivity index (χ1v) is 6.46. The Labute approximate surface area is 113 Å². The van der Waals surface area contributed by atoms with Gasteiger partial charge in [-0.25, -0.2) is 4.39 Å². The van der Waals surface area contributed by atoms with E-state index in [4.69, 9.17) is 5.73 Å². The number of benzene rings is 2. The van der Waals surface area contributed by atoms with E-state index >= 15 is 0 Å². The number of aryl methyl sites for hydroxylation is 1. The first-order valence-electron chi connectivity index (χ1n) is 6.46. The molecule has 0 aliphatic carbocycles. The first-order chi connectivity index (χ1) is 9.11. The molecule has 2 N–H and O–H groups in total. The minimum absolute atomic E-state index is 0.257. The lowest BCUT2D eigenvalue weighted by Crippen LogP contribution is -2.23. The molecular weight excluding hydrogens is 239 g/mol. The Bertz CT molecular complexity index is 566. The van der Waals surface area contributed by atoms with E-state index in [1.54, 1.807) is 6.07 Å². The minimum atomic E-state index is -0.257. The average molecular weight is 258 g/mol. The molecule has 0 unspecified atom stereocenters. The molecule has 0 fully saturated rings. The third-order valence-corrected chi connectivity index (χ3v) is 3.34. The number of hydrogen-bond donors (Lipinski definition) is 1. The van der Waals surface area contributed by atoms with Crippen molar-refractivity contribution in [1.29, 1.82) is 0 Å². The summed E-state index contributed by atoms with van der Waals surface area (Å²) in [5.74, 6) is -0.257. The van der Waals surface area contributed by atoms with Crippen LogP contribution in [0.1, 0.15) is 18.1 Å². The van der Waals surface area contributed by atoms with Crippen LogP contribution in [0.25, 0.3) is 0 Å². The van der Waals surface area contributed by atoms with Crippen molar-refractivity contribution in [3.8, 4) is 0 Å². The van der Waals surface area contributed by atoms with Crippen LogP contribution in [-0.2, 0) is 6.54 Å². The lowest BCUT2D eigenvalue weighted by Gasteiger charge is -2.25. The maximum Gasteiger partial charge on any atom is 0.125 e. The fraction of sp³-hybridized carbons (Fsp3) is 0.250. The highest BCUT2D eigenvalue weighted by Crippen LogP contribution is 2.26. The van der Waals surface area contributed by atoms with Crippen LogP contribution >= 0.6 is 0 Å². The smallest absolute Gasteiger partial charge is 0.125 e. The highest BCUT2D eigenvalue weighted by atomic mass is 19.1. The summed E-state index contributed by atoms with van der Waals surface area (Å²) in [6.07, 6.45) is 0. The van der Waals surface area contributed by atoms with E-state index in [0.29, 0.717) is 5.69 Å². The molecule has 0 aliphatic heterocycles. The fourth-order valence-corrected chi connectivity index (χ4v) is 2.15. The molecule has 0 atom stereocenters. The van der Waals surface area contributed by atoms with Gasteiger partial charge in [0.25, 0.3) is 0 Å². The van der Waals surface area contributed by atoms with E-state index in [1.807, 2.05) is 19.1 Å². The highest BCUT2D eigenvalue weighted by molar-refractivity contribution is 5.67. The van der Waals surface area contributed by atoms with Crippen molar-refractivity contribution in [3.63, 3.8) is 0 Å². The molecule has 0 radical (unpaired) electrons. The van der Waals surface area contributed by atoms with E-state index in [9.17, 15) is 4.39 Å². The monoisotopic (exact) mass is 258 g/mol. The first kappa shape index (κ1) is 13.4. The van der Waals surface area contributed by atoms with Gasteiger partial charge in [0.1, 0.15) is 5.82 Å². The number of halogens is 1. The van der Waals surface area contributed by atoms with Crippen molar-refractivity contribution in [3.05, 3.63) is 59.4 Å². The highest BCUT2D eigenvalue weighted by Gasteiger charge is 2.11. The van der Waals surface area contributed by atoms with Crippen LogP contribution in [0, 0.1) is 12.7 Å². The van der Waals surface area contributed by atoms with Crippen LogP contribution in [0.2, 0.25) is 0 Å². The Balaban J connectivity index is 2.30. The van der Waals surface area contributed by atoms with Crippen molar-refractivity contribution >= 4 is 11.4 Å². The molecule has 19 heavy (non-hydrogen) atoms. The molecule has 0 heterocycles. The van der Waals surface area contributed by atoms with Crippen LogP contribution in [-0.4, -0.2) is 6.54 Å². The van der Waals surface area contributed by atoms with Gasteiger partial charge in [-0.05, 0) is 43.2 Å². The van der Waals surface area contributed by atoms with E-state index in [0.717, 1.165) is 18.8 Å². The molecule has 0 spiro atoms. The molecular formula is C16H19FN2. The van der Waals surface area contributed by atoms with Gasteiger partial charge in [-0.1, -0.05) is 24.3 Å². The Morgan fingerprint density at radius 1 is 1.16 bits per heavy atom. The van der Waals surface area contributed by atoms with Gasteiger partial charge in [-0.15, -0.1) is 0 Å². The summed E-state index contributed by atoms with van der Waals surface area (Å²) < 4.78 is 13.4. The number of nitrogens with zero attached hydrogens (tertiary/aromatic N) is 1. The van der Waals surface area contributed by atoms with Crippen LogP contribution in [0.5, 0.6) is 0 Å². The van der Waals surface area contributed by atoms with E-state index in [-0.39, 0.29) is 5.82 Å². The van der Waals surface area contributed by atoms with Crippen molar-refractivity contribution < 1.29 is 4.39 Å². The molecule has 2 aromatic rings. The molecule has 0 amide bonds. The second-order valence-electron chi connectivity index (χ2n) is 4.64. The SMILES string of the molecule is CCN(Cc1ccccc1C)c1cc(F)ccc1N. The van der Waals surface area contributed by atoms with Crippen molar-refractivity contribution in [2.45, 2.75) is 20.4 Å². The normalized spacial score (nSPS) is 10.5. The van der Waals surface area contributed by atoms with Crippen LogP contribution in [0.3, 0.4) is 0 Å². The third-order valence-electron chi connectivity index (χ3n) is 3.34. The van der Waals surface area contributed by atoms with Crippen LogP contribution in [0.4, 0.5) is 15.8 Å². The van der Waals surface area contributed by atoms with Crippen LogP contribution in [0.15, 0.2) is 42.5 Å². The van der Waals surface area contributed by atoms with Gasteiger partial charge in [0.05, 0.1) is 11.4 Å². The Hall–Kier alpha value is -2.03. The molecule has 2 aromatic carbocycles. The number of anilines is 2. The molecule has 3 heteroatoms. The summed E-state index contributed by atoms with van der Waals surface area (Å²) in [6, 6.07) is 12.7. The third kappa shape index (κ3) is 3.05. The second-order valence-corrected chi connectivity index (χ2v) is 4.64. The van der Waals surface area contributed by atoms with Gasteiger partial charge in [-0.3, -0.25) is 0 Å². The maximum absolute atomic E-state index is 13.4. The van der Waals surface area contributed by atoms with Gasteiger partial charge in [0, 0.05) is 13.1 Å². The molecule has 0 bridgehead atoms. The number of rotatable bonds is 4. The molecule has 2 rings (SSSR count). The predicted octanol–water partition coefficient (Wildman–Crippen LogP) is 3.74.